The van der Waals surface area contributed by atoms with Crippen molar-refractivity contribution in [2.24, 2.45) is 0 Å². The molecule has 0 N–H and O–H groups in total. The van der Waals surface area contributed by atoms with Gasteiger partial charge in [-0.05, 0) is 111 Å². The molecule has 12 aromatic carbocycles. The Morgan fingerprint density at radius 1 is 0.222 bits per heavy atom. The second kappa shape index (κ2) is 14.2. The number of hydrogen-bond donors (Lipinski definition) is 0. The number of furan rings is 1. The normalized spacial score (nSPS) is 11.8. The summed E-state index contributed by atoms with van der Waals surface area (Å²) in [5.74, 6) is 0. The largest absolute Gasteiger partial charge is 0.455 e. The Balaban J connectivity index is 0.992. The summed E-state index contributed by atoms with van der Waals surface area (Å²) < 4.78 is 7.10. The fourth-order valence-corrected chi connectivity index (χ4v) is 10.5. The topological polar surface area (TPSA) is 13.1 Å². The Labute approximate surface area is 364 Å². The van der Waals surface area contributed by atoms with Crippen LogP contribution in [0.4, 0.5) is 0 Å². The molecule has 0 fully saturated rings. The third-order valence-electron chi connectivity index (χ3n) is 13.3. The van der Waals surface area contributed by atoms with Gasteiger partial charge in [0, 0.05) is 21.9 Å². The lowest BCUT2D eigenvalue weighted by molar-refractivity contribution is 0.670. The highest BCUT2D eigenvalue weighted by Crippen LogP contribution is 2.48. The maximum atomic E-state index is 7.10. The van der Waals surface area contributed by atoms with Crippen molar-refractivity contribution in [1.29, 1.82) is 0 Å². The average Bonchev–Trinajstić information content (AvgIpc) is 3.73. The number of para-hydroxylation sites is 1. The lowest BCUT2D eigenvalue weighted by Crippen LogP contribution is -1.91. The molecule has 0 spiro atoms. The molecule has 0 bridgehead atoms. The van der Waals surface area contributed by atoms with E-state index in [2.05, 4.69) is 231 Å². The van der Waals surface area contributed by atoms with E-state index in [1.54, 1.807) is 0 Å². The van der Waals surface area contributed by atoms with Crippen LogP contribution in [0.2, 0.25) is 0 Å². The Bertz CT molecular complexity index is 3830. The average molecular weight is 799 g/mol. The first-order chi connectivity index (χ1) is 31.3. The first-order valence-corrected chi connectivity index (χ1v) is 21.8. The van der Waals surface area contributed by atoms with Gasteiger partial charge in [0.1, 0.15) is 11.2 Å². The van der Waals surface area contributed by atoms with Gasteiger partial charge in [-0.2, -0.15) is 0 Å². The molecular weight excluding hydrogens is 761 g/mol. The molecule has 0 radical (unpaired) electrons. The van der Waals surface area contributed by atoms with Gasteiger partial charge in [0.2, 0.25) is 0 Å². The fraction of sp³-hybridized carbons (Fsp3) is 0. The third-order valence-corrected chi connectivity index (χ3v) is 13.3. The summed E-state index contributed by atoms with van der Waals surface area (Å²) in [7, 11) is 0. The first kappa shape index (κ1) is 35.5. The number of fused-ring (bicyclic) bond motifs is 8. The van der Waals surface area contributed by atoms with E-state index in [0.717, 1.165) is 33.1 Å². The molecule has 13 aromatic rings. The van der Waals surface area contributed by atoms with Crippen molar-refractivity contribution in [3.63, 3.8) is 0 Å². The standard InChI is InChI=1S/C62H38O/c1-2-17-41(18-3-1)58-51-25-10-12-27-53(51)61(54-28-13-11-26-52(54)58)56-31-15-30-55-46-37-36-43(38-57(46)63-62(55)56)60-49-23-8-6-21-47(49)59(48-22-7-9-24-50(48)60)42-34-32-40(33-35-42)45-29-14-19-39-16-4-5-20-44(39)45/h1-38H. The van der Waals surface area contributed by atoms with Gasteiger partial charge in [-0.15, -0.1) is 0 Å². The van der Waals surface area contributed by atoms with Crippen LogP contribution in [0.5, 0.6) is 0 Å². The van der Waals surface area contributed by atoms with Crippen molar-refractivity contribution >= 4 is 75.8 Å². The Kier molecular flexibility index (Phi) is 7.98. The van der Waals surface area contributed by atoms with E-state index in [1.165, 1.54) is 98.4 Å². The van der Waals surface area contributed by atoms with E-state index in [4.69, 9.17) is 4.42 Å². The SMILES string of the molecule is c1ccc(-c2c3ccccc3c(-c3cccc4c3oc3cc(-c5c6ccccc6c(-c6ccc(-c7cccc8ccccc78)cc6)c6ccccc56)ccc34)c3ccccc23)cc1. The monoisotopic (exact) mass is 798 g/mol. The van der Waals surface area contributed by atoms with Gasteiger partial charge in [0.05, 0.1) is 0 Å². The third kappa shape index (κ3) is 5.50. The Morgan fingerprint density at radius 3 is 1.21 bits per heavy atom. The van der Waals surface area contributed by atoms with Crippen LogP contribution in [-0.4, -0.2) is 0 Å². The molecule has 0 aliphatic carbocycles. The second-order valence-corrected chi connectivity index (χ2v) is 16.6. The van der Waals surface area contributed by atoms with E-state index < -0.39 is 0 Å². The van der Waals surface area contributed by atoms with Gasteiger partial charge >= 0.3 is 0 Å². The summed E-state index contributed by atoms with van der Waals surface area (Å²) in [4.78, 5) is 0. The number of rotatable bonds is 5. The van der Waals surface area contributed by atoms with E-state index in [-0.39, 0.29) is 0 Å². The predicted molar refractivity (Wildman–Crippen MR) is 268 cm³/mol. The van der Waals surface area contributed by atoms with Crippen LogP contribution >= 0.6 is 0 Å². The molecule has 0 saturated heterocycles. The zero-order valence-electron chi connectivity index (χ0n) is 34.3. The summed E-state index contributed by atoms with van der Waals surface area (Å²) in [6.07, 6.45) is 0. The predicted octanol–water partition coefficient (Wildman–Crippen LogP) is 17.7. The van der Waals surface area contributed by atoms with E-state index in [1.807, 2.05) is 0 Å². The smallest absolute Gasteiger partial charge is 0.143 e. The van der Waals surface area contributed by atoms with E-state index >= 15 is 0 Å². The van der Waals surface area contributed by atoms with Gasteiger partial charge in [0.15, 0.2) is 0 Å². The van der Waals surface area contributed by atoms with Crippen LogP contribution in [-0.2, 0) is 0 Å². The van der Waals surface area contributed by atoms with Crippen molar-refractivity contribution in [2.45, 2.75) is 0 Å². The summed E-state index contributed by atoms with van der Waals surface area (Å²) in [5, 5.41) is 14.5. The van der Waals surface area contributed by atoms with Crippen LogP contribution in [0.15, 0.2) is 235 Å². The molecule has 0 amide bonds. The van der Waals surface area contributed by atoms with Crippen molar-refractivity contribution in [3.05, 3.63) is 231 Å². The molecule has 0 saturated carbocycles. The van der Waals surface area contributed by atoms with Gasteiger partial charge in [-0.1, -0.05) is 218 Å². The maximum absolute atomic E-state index is 7.10. The molecule has 0 atom stereocenters. The molecule has 0 aliphatic heterocycles. The molecule has 13 rings (SSSR count). The zero-order valence-corrected chi connectivity index (χ0v) is 34.3. The summed E-state index contributed by atoms with van der Waals surface area (Å²) >= 11 is 0. The van der Waals surface area contributed by atoms with Gasteiger partial charge in [0.25, 0.3) is 0 Å². The highest BCUT2D eigenvalue weighted by Gasteiger charge is 2.22. The van der Waals surface area contributed by atoms with E-state index in [0.29, 0.717) is 0 Å². The zero-order chi connectivity index (χ0) is 41.4. The molecule has 1 aromatic heterocycles. The molecular formula is C62H38O. The summed E-state index contributed by atoms with van der Waals surface area (Å²) in [6.45, 7) is 0. The van der Waals surface area contributed by atoms with Crippen LogP contribution in [0.3, 0.4) is 0 Å². The first-order valence-electron chi connectivity index (χ1n) is 21.8. The molecule has 1 heteroatoms. The van der Waals surface area contributed by atoms with Crippen LogP contribution in [0.25, 0.3) is 131 Å². The van der Waals surface area contributed by atoms with Crippen molar-refractivity contribution < 1.29 is 4.42 Å². The second-order valence-electron chi connectivity index (χ2n) is 16.6. The van der Waals surface area contributed by atoms with Crippen molar-refractivity contribution in [1.82, 2.24) is 0 Å². The van der Waals surface area contributed by atoms with Gasteiger partial charge in [-0.3, -0.25) is 0 Å². The van der Waals surface area contributed by atoms with Gasteiger partial charge < -0.3 is 4.42 Å². The van der Waals surface area contributed by atoms with Crippen LogP contribution in [0.1, 0.15) is 0 Å². The quantitative estimate of drug-likeness (QED) is 0.158. The molecule has 63 heavy (non-hydrogen) atoms. The summed E-state index contributed by atoms with van der Waals surface area (Å²) in [6, 6.07) is 84.0. The Hall–Kier alpha value is -8.26. The Morgan fingerprint density at radius 2 is 0.619 bits per heavy atom. The van der Waals surface area contributed by atoms with Crippen LogP contribution in [0, 0.1) is 0 Å². The molecule has 1 nitrogen and oxygen atoms in total. The lowest BCUT2D eigenvalue weighted by Gasteiger charge is -2.18. The van der Waals surface area contributed by atoms with Crippen LogP contribution < -0.4 is 0 Å². The highest BCUT2D eigenvalue weighted by atomic mass is 16.3. The number of benzene rings is 12. The summed E-state index contributed by atoms with van der Waals surface area (Å²) in [5.41, 5.74) is 13.8. The molecule has 0 aliphatic rings. The van der Waals surface area contributed by atoms with E-state index in [9.17, 15) is 0 Å². The molecule has 0 unspecified atom stereocenters. The maximum Gasteiger partial charge on any atom is 0.143 e. The minimum atomic E-state index is 0.880. The fourth-order valence-electron chi connectivity index (χ4n) is 10.5. The van der Waals surface area contributed by atoms with Crippen molar-refractivity contribution in [3.8, 4) is 55.6 Å². The number of hydrogen-bond acceptors (Lipinski definition) is 1. The van der Waals surface area contributed by atoms with Gasteiger partial charge in [-0.25, -0.2) is 0 Å². The minimum absolute atomic E-state index is 0.880. The highest BCUT2D eigenvalue weighted by molar-refractivity contribution is 6.25. The minimum Gasteiger partial charge on any atom is -0.455 e. The molecule has 1 heterocycles. The lowest BCUT2D eigenvalue weighted by atomic mass is 9.85. The molecule has 292 valence electrons. The van der Waals surface area contributed by atoms with Crippen molar-refractivity contribution in [2.75, 3.05) is 0 Å².